The smallest absolute Gasteiger partial charge is 0.254 e. The van der Waals surface area contributed by atoms with Gasteiger partial charge >= 0.3 is 0 Å². The van der Waals surface area contributed by atoms with Crippen molar-refractivity contribution in [3.63, 3.8) is 0 Å². The van der Waals surface area contributed by atoms with Crippen molar-refractivity contribution in [3.05, 3.63) is 60.2 Å². The lowest BCUT2D eigenvalue weighted by molar-refractivity contribution is 0.0569. The maximum absolute atomic E-state index is 13.3. The molecule has 25 heavy (non-hydrogen) atoms. The SMILES string of the molecule is O=C(c1ccncc1)N1CCN2C[C@H](Oc3cccc(F)c3)C[C@H]2C1. The largest absolute Gasteiger partial charge is 0.489 e. The number of aromatic nitrogens is 1. The molecule has 1 aromatic heterocycles. The first-order valence-electron chi connectivity index (χ1n) is 8.54. The fourth-order valence-corrected chi connectivity index (χ4v) is 3.68. The first-order valence-corrected chi connectivity index (χ1v) is 8.54. The number of pyridine rings is 1. The van der Waals surface area contributed by atoms with Crippen LogP contribution in [0.1, 0.15) is 16.8 Å². The lowest BCUT2D eigenvalue weighted by Crippen LogP contribution is -2.52. The Balaban J connectivity index is 1.38. The highest BCUT2D eigenvalue weighted by Crippen LogP contribution is 2.26. The van der Waals surface area contributed by atoms with E-state index in [-0.39, 0.29) is 23.9 Å². The van der Waals surface area contributed by atoms with Gasteiger partial charge in [-0.3, -0.25) is 14.7 Å². The number of fused-ring (bicyclic) bond motifs is 1. The molecule has 2 aliphatic rings. The van der Waals surface area contributed by atoms with Gasteiger partial charge in [-0.05, 0) is 24.3 Å². The van der Waals surface area contributed by atoms with E-state index in [0.29, 0.717) is 24.4 Å². The van der Waals surface area contributed by atoms with Crippen LogP contribution in [0.3, 0.4) is 0 Å². The summed E-state index contributed by atoms with van der Waals surface area (Å²) in [4.78, 5) is 20.8. The molecule has 6 heteroatoms. The number of rotatable bonds is 3. The summed E-state index contributed by atoms with van der Waals surface area (Å²) in [5.41, 5.74) is 0.675. The number of amides is 1. The minimum absolute atomic E-state index is 0.0303. The van der Waals surface area contributed by atoms with E-state index in [4.69, 9.17) is 4.74 Å². The number of carbonyl (C=O) groups is 1. The predicted molar refractivity (Wildman–Crippen MR) is 90.9 cm³/mol. The fourth-order valence-electron chi connectivity index (χ4n) is 3.68. The highest BCUT2D eigenvalue weighted by molar-refractivity contribution is 5.94. The zero-order valence-electron chi connectivity index (χ0n) is 13.8. The molecule has 3 heterocycles. The Morgan fingerprint density at radius 1 is 1.16 bits per heavy atom. The van der Waals surface area contributed by atoms with Gasteiger partial charge in [0.25, 0.3) is 5.91 Å². The molecule has 0 saturated carbocycles. The van der Waals surface area contributed by atoms with E-state index in [1.54, 1.807) is 36.7 Å². The average molecular weight is 341 g/mol. The summed E-state index contributed by atoms with van der Waals surface area (Å²) < 4.78 is 19.2. The minimum atomic E-state index is -0.289. The summed E-state index contributed by atoms with van der Waals surface area (Å²) in [6.45, 7) is 3.07. The molecule has 2 aliphatic heterocycles. The summed E-state index contributed by atoms with van der Waals surface area (Å²) in [5, 5.41) is 0. The molecular formula is C19H20FN3O2. The van der Waals surface area contributed by atoms with Gasteiger partial charge in [-0.1, -0.05) is 6.07 Å². The minimum Gasteiger partial charge on any atom is -0.489 e. The molecule has 0 unspecified atom stereocenters. The Hall–Kier alpha value is -2.47. The topological polar surface area (TPSA) is 45.7 Å². The summed E-state index contributed by atoms with van der Waals surface area (Å²) in [7, 11) is 0. The molecule has 2 aromatic rings. The second kappa shape index (κ2) is 6.80. The highest BCUT2D eigenvalue weighted by Gasteiger charge is 2.38. The Kier molecular flexibility index (Phi) is 4.36. The first-order chi connectivity index (χ1) is 12.2. The summed E-state index contributed by atoms with van der Waals surface area (Å²) >= 11 is 0. The molecule has 0 spiro atoms. The molecule has 0 N–H and O–H groups in total. The number of hydrogen-bond acceptors (Lipinski definition) is 4. The lowest BCUT2D eigenvalue weighted by Gasteiger charge is -2.37. The van der Waals surface area contributed by atoms with Gasteiger partial charge in [0.1, 0.15) is 17.7 Å². The molecule has 0 aliphatic carbocycles. The quantitative estimate of drug-likeness (QED) is 0.859. The third-order valence-corrected chi connectivity index (χ3v) is 4.89. The van der Waals surface area contributed by atoms with Gasteiger partial charge in [0.15, 0.2) is 0 Å². The van der Waals surface area contributed by atoms with E-state index in [1.807, 2.05) is 4.90 Å². The highest BCUT2D eigenvalue weighted by atomic mass is 19.1. The van der Waals surface area contributed by atoms with Crippen molar-refractivity contribution in [2.75, 3.05) is 26.2 Å². The standard InChI is InChI=1S/C19H20FN3O2/c20-15-2-1-3-17(10-15)25-18-11-16-12-23(9-8-22(16)13-18)19(24)14-4-6-21-7-5-14/h1-7,10,16,18H,8-9,11-13H2/t16-,18+/m0/s1. The number of nitrogens with zero attached hydrogens (tertiary/aromatic N) is 3. The Bertz CT molecular complexity index is 755. The maximum atomic E-state index is 13.3. The molecule has 1 amide bonds. The van der Waals surface area contributed by atoms with E-state index in [2.05, 4.69) is 9.88 Å². The van der Waals surface area contributed by atoms with Crippen molar-refractivity contribution >= 4 is 5.91 Å². The van der Waals surface area contributed by atoms with Gasteiger partial charge in [0.2, 0.25) is 0 Å². The van der Waals surface area contributed by atoms with Gasteiger partial charge < -0.3 is 9.64 Å². The van der Waals surface area contributed by atoms with E-state index < -0.39 is 0 Å². The molecule has 130 valence electrons. The first kappa shape index (κ1) is 16.0. The van der Waals surface area contributed by atoms with Crippen molar-refractivity contribution < 1.29 is 13.9 Å². The second-order valence-electron chi connectivity index (χ2n) is 6.57. The van der Waals surface area contributed by atoms with Crippen molar-refractivity contribution in [3.8, 4) is 5.75 Å². The second-order valence-corrected chi connectivity index (χ2v) is 6.57. The number of piperazine rings is 1. The molecule has 2 fully saturated rings. The van der Waals surface area contributed by atoms with Crippen molar-refractivity contribution in [1.82, 2.24) is 14.8 Å². The zero-order chi connectivity index (χ0) is 17.2. The average Bonchev–Trinajstić information content (AvgIpc) is 3.03. The van der Waals surface area contributed by atoms with E-state index >= 15 is 0 Å². The predicted octanol–water partition coefficient (Wildman–Crippen LogP) is 2.20. The molecular weight excluding hydrogens is 321 g/mol. The fraction of sp³-hybridized carbons (Fsp3) is 0.368. The Morgan fingerprint density at radius 3 is 2.80 bits per heavy atom. The molecule has 5 nitrogen and oxygen atoms in total. The Morgan fingerprint density at radius 2 is 2.00 bits per heavy atom. The third-order valence-electron chi connectivity index (χ3n) is 4.89. The normalized spacial score (nSPS) is 23.3. The molecule has 1 aromatic carbocycles. The van der Waals surface area contributed by atoms with E-state index in [0.717, 1.165) is 19.5 Å². The lowest BCUT2D eigenvalue weighted by atomic mass is 10.1. The van der Waals surface area contributed by atoms with Gasteiger partial charge in [-0.25, -0.2) is 4.39 Å². The molecule has 0 bridgehead atoms. The maximum Gasteiger partial charge on any atom is 0.254 e. The van der Waals surface area contributed by atoms with Crippen LogP contribution in [0.2, 0.25) is 0 Å². The van der Waals surface area contributed by atoms with Crippen LogP contribution in [-0.2, 0) is 0 Å². The van der Waals surface area contributed by atoms with Crippen LogP contribution in [0, 0.1) is 5.82 Å². The van der Waals surface area contributed by atoms with Gasteiger partial charge in [0.05, 0.1) is 0 Å². The van der Waals surface area contributed by atoms with Crippen LogP contribution in [-0.4, -0.2) is 59.0 Å². The van der Waals surface area contributed by atoms with Gasteiger partial charge in [-0.15, -0.1) is 0 Å². The van der Waals surface area contributed by atoms with Gasteiger partial charge in [-0.2, -0.15) is 0 Å². The number of halogens is 1. The van der Waals surface area contributed by atoms with E-state index in [1.165, 1.54) is 12.1 Å². The van der Waals surface area contributed by atoms with Crippen molar-refractivity contribution in [2.45, 2.75) is 18.6 Å². The van der Waals surface area contributed by atoms with Crippen molar-refractivity contribution in [1.29, 1.82) is 0 Å². The third kappa shape index (κ3) is 3.49. The summed E-state index contributed by atoms with van der Waals surface area (Å²) in [5.74, 6) is 0.327. The molecule has 2 atom stereocenters. The molecule has 2 saturated heterocycles. The van der Waals surface area contributed by atoms with Crippen LogP contribution in [0.4, 0.5) is 4.39 Å². The Labute approximate surface area is 146 Å². The van der Waals surface area contributed by atoms with Crippen LogP contribution >= 0.6 is 0 Å². The number of carbonyl (C=O) groups excluding carboxylic acids is 1. The number of hydrogen-bond donors (Lipinski definition) is 0. The van der Waals surface area contributed by atoms with Crippen LogP contribution < -0.4 is 4.74 Å². The summed E-state index contributed by atoms with van der Waals surface area (Å²) in [6.07, 6.45) is 4.16. The van der Waals surface area contributed by atoms with Crippen LogP contribution in [0.5, 0.6) is 5.75 Å². The zero-order valence-corrected chi connectivity index (χ0v) is 13.8. The molecule has 0 radical (unpaired) electrons. The van der Waals surface area contributed by atoms with Crippen LogP contribution in [0.25, 0.3) is 0 Å². The number of benzene rings is 1. The van der Waals surface area contributed by atoms with Crippen molar-refractivity contribution in [2.24, 2.45) is 0 Å². The van der Waals surface area contributed by atoms with Gasteiger partial charge in [0, 0.05) is 62.7 Å². The van der Waals surface area contributed by atoms with E-state index in [9.17, 15) is 9.18 Å². The number of ether oxygens (including phenoxy) is 1. The van der Waals surface area contributed by atoms with Crippen LogP contribution in [0.15, 0.2) is 48.8 Å². The monoisotopic (exact) mass is 341 g/mol. The molecule has 4 rings (SSSR count). The summed E-state index contributed by atoms with van der Waals surface area (Å²) in [6, 6.07) is 10.0.